The molecule has 2 fully saturated rings. The van der Waals surface area contributed by atoms with Gasteiger partial charge in [0.1, 0.15) is 0 Å². The second-order valence-electron chi connectivity index (χ2n) is 8.71. The number of rotatable bonds is 4. The van der Waals surface area contributed by atoms with Crippen LogP contribution in [0, 0.1) is 23.7 Å². The van der Waals surface area contributed by atoms with Crippen molar-refractivity contribution in [3.8, 4) is 0 Å². The molecular formula is C21H32ClN5O3. The Balaban J connectivity index is 0.00000256. The number of carbonyl (C=O) groups excluding carboxylic acids is 2. The number of esters is 1. The molecule has 1 amide bonds. The number of amides is 1. The van der Waals surface area contributed by atoms with Crippen molar-refractivity contribution >= 4 is 24.3 Å². The zero-order valence-electron chi connectivity index (χ0n) is 17.6. The summed E-state index contributed by atoms with van der Waals surface area (Å²) in [5.41, 5.74) is 6.36. The molecule has 30 heavy (non-hydrogen) atoms. The van der Waals surface area contributed by atoms with Crippen molar-refractivity contribution in [2.75, 3.05) is 19.7 Å². The van der Waals surface area contributed by atoms with Gasteiger partial charge < -0.3 is 15.4 Å². The summed E-state index contributed by atoms with van der Waals surface area (Å²) in [7, 11) is 0. The first-order chi connectivity index (χ1) is 14.0. The van der Waals surface area contributed by atoms with E-state index in [4.69, 9.17) is 10.5 Å². The largest absolute Gasteiger partial charge is 0.466 e. The van der Waals surface area contributed by atoms with Gasteiger partial charge in [0.25, 0.3) is 5.91 Å². The molecule has 0 radical (unpaired) electrons. The van der Waals surface area contributed by atoms with Crippen LogP contribution in [0.4, 0.5) is 0 Å². The molecule has 166 valence electrons. The number of likely N-dealkylation sites (tertiary alicyclic amines) is 1. The number of halogens is 1. The summed E-state index contributed by atoms with van der Waals surface area (Å²) in [5, 5.41) is 8.37. The van der Waals surface area contributed by atoms with Gasteiger partial charge in [-0.15, -0.1) is 17.5 Å². The Kier molecular flexibility index (Phi) is 7.18. The van der Waals surface area contributed by atoms with Crippen LogP contribution in [0.3, 0.4) is 0 Å². The smallest absolute Gasteiger partial charge is 0.309 e. The van der Waals surface area contributed by atoms with E-state index >= 15 is 0 Å². The summed E-state index contributed by atoms with van der Waals surface area (Å²) < 4.78 is 7.13. The Morgan fingerprint density at radius 1 is 1.20 bits per heavy atom. The molecule has 2 heterocycles. The third-order valence-corrected chi connectivity index (χ3v) is 6.79. The number of allylic oxidation sites excluding steroid dienone is 1. The molecule has 4 atom stereocenters. The first-order valence-electron chi connectivity index (χ1n) is 10.8. The SMILES string of the molecule is CCOC(=O)[C@@H]1[C@H]2CN(C(=O)c3cn(C4CCC(N)CC4)nn3)C[C@@H]2C=C[C@@H]1C.Cl. The zero-order chi connectivity index (χ0) is 20.5. The summed E-state index contributed by atoms with van der Waals surface area (Å²) in [4.78, 5) is 27.4. The first-order valence-corrected chi connectivity index (χ1v) is 10.8. The van der Waals surface area contributed by atoms with Crippen molar-refractivity contribution in [3.05, 3.63) is 24.0 Å². The lowest BCUT2D eigenvalue weighted by Crippen LogP contribution is -2.37. The van der Waals surface area contributed by atoms with E-state index in [-0.39, 0.29) is 60.0 Å². The highest BCUT2D eigenvalue weighted by atomic mass is 35.5. The molecule has 2 N–H and O–H groups in total. The predicted molar refractivity (Wildman–Crippen MR) is 114 cm³/mol. The molecule has 9 heteroatoms. The maximum atomic E-state index is 13.1. The molecule has 0 spiro atoms. The van der Waals surface area contributed by atoms with Crippen LogP contribution in [-0.4, -0.2) is 57.5 Å². The molecule has 2 aliphatic carbocycles. The van der Waals surface area contributed by atoms with Crippen LogP contribution in [0.25, 0.3) is 0 Å². The fourth-order valence-electron chi connectivity index (χ4n) is 5.14. The fourth-order valence-corrected chi connectivity index (χ4v) is 5.14. The molecule has 4 rings (SSSR count). The van der Waals surface area contributed by atoms with Crippen molar-refractivity contribution in [1.29, 1.82) is 0 Å². The van der Waals surface area contributed by atoms with E-state index in [0.29, 0.717) is 25.4 Å². The highest BCUT2D eigenvalue weighted by molar-refractivity contribution is 5.92. The third kappa shape index (κ3) is 4.39. The Labute approximate surface area is 183 Å². The summed E-state index contributed by atoms with van der Waals surface area (Å²) in [5.74, 6) is -0.0852. The molecule has 1 aliphatic heterocycles. The van der Waals surface area contributed by atoms with Crippen LogP contribution >= 0.6 is 12.4 Å². The quantitative estimate of drug-likeness (QED) is 0.572. The highest BCUT2D eigenvalue weighted by Gasteiger charge is 2.46. The molecule has 3 aliphatic rings. The topological polar surface area (TPSA) is 103 Å². The fraction of sp³-hybridized carbons (Fsp3) is 0.714. The number of ether oxygens (including phenoxy) is 1. The van der Waals surface area contributed by atoms with Crippen LogP contribution in [0.2, 0.25) is 0 Å². The van der Waals surface area contributed by atoms with Crippen molar-refractivity contribution < 1.29 is 14.3 Å². The number of hydrogen-bond acceptors (Lipinski definition) is 6. The van der Waals surface area contributed by atoms with Crippen LogP contribution in [0.5, 0.6) is 0 Å². The summed E-state index contributed by atoms with van der Waals surface area (Å²) in [6, 6.07) is 0.536. The second kappa shape index (κ2) is 9.47. The number of hydrogen-bond donors (Lipinski definition) is 1. The van der Waals surface area contributed by atoms with E-state index in [1.807, 2.05) is 23.4 Å². The van der Waals surface area contributed by atoms with Crippen molar-refractivity contribution in [1.82, 2.24) is 19.9 Å². The maximum Gasteiger partial charge on any atom is 0.309 e. The Morgan fingerprint density at radius 2 is 1.93 bits per heavy atom. The van der Waals surface area contributed by atoms with Gasteiger partial charge in [0, 0.05) is 19.1 Å². The van der Waals surface area contributed by atoms with Crippen LogP contribution in [0.1, 0.15) is 56.1 Å². The van der Waals surface area contributed by atoms with Gasteiger partial charge >= 0.3 is 5.97 Å². The molecule has 1 aromatic rings. The summed E-state index contributed by atoms with van der Waals surface area (Å²) in [6.45, 7) is 5.40. The normalized spacial score (nSPS) is 33.0. The minimum absolute atomic E-state index is 0. The first kappa shape index (κ1) is 22.7. The van der Waals surface area contributed by atoms with Crippen molar-refractivity contribution in [2.45, 2.75) is 51.6 Å². The molecular weight excluding hydrogens is 406 g/mol. The Hall–Kier alpha value is -1.93. The predicted octanol–water partition coefficient (Wildman–Crippen LogP) is 2.22. The molecule has 0 unspecified atom stereocenters. The third-order valence-electron chi connectivity index (χ3n) is 6.79. The van der Waals surface area contributed by atoms with Gasteiger partial charge in [0.05, 0.1) is 24.8 Å². The van der Waals surface area contributed by atoms with Crippen molar-refractivity contribution in [3.63, 3.8) is 0 Å². The van der Waals surface area contributed by atoms with E-state index < -0.39 is 0 Å². The molecule has 0 aromatic carbocycles. The standard InChI is InChI=1S/C21H31N5O3.ClH/c1-3-29-21(28)19-13(2)4-5-14-10-25(11-17(14)19)20(27)18-12-26(24-23-18)16-8-6-15(22)7-9-16;/h4-5,12-17,19H,3,6-11,22H2,1-2H3;1H/t13-,14-,15?,16?,17-,19-;/m0./s1. The molecule has 0 bridgehead atoms. The van der Waals surface area contributed by atoms with E-state index in [2.05, 4.69) is 22.5 Å². The maximum absolute atomic E-state index is 13.1. The number of aromatic nitrogens is 3. The monoisotopic (exact) mass is 437 g/mol. The number of nitrogens with zero attached hydrogens (tertiary/aromatic N) is 4. The van der Waals surface area contributed by atoms with Crippen molar-refractivity contribution in [2.24, 2.45) is 29.4 Å². The lowest BCUT2D eigenvalue weighted by atomic mass is 9.72. The minimum Gasteiger partial charge on any atom is -0.466 e. The molecule has 1 saturated carbocycles. The van der Waals surface area contributed by atoms with E-state index in [1.54, 1.807) is 6.20 Å². The average Bonchev–Trinajstić information content (AvgIpc) is 3.35. The average molecular weight is 438 g/mol. The minimum atomic E-state index is -0.204. The van der Waals surface area contributed by atoms with Gasteiger partial charge in [-0.3, -0.25) is 9.59 Å². The highest BCUT2D eigenvalue weighted by Crippen LogP contribution is 2.40. The lowest BCUT2D eigenvalue weighted by molar-refractivity contribution is -0.152. The van der Waals surface area contributed by atoms with E-state index in [1.165, 1.54) is 0 Å². The molecule has 1 aromatic heterocycles. The summed E-state index contributed by atoms with van der Waals surface area (Å²) >= 11 is 0. The van der Waals surface area contributed by atoms with Gasteiger partial charge in [0.15, 0.2) is 5.69 Å². The van der Waals surface area contributed by atoms with E-state index in [9.17, 15) is 9.59 Å². The molecule has 1 saturated heterocycles. The van der Waals surface area contributed by atoms with Crippen LogP contribution in [0.15, 0.2) is 18.3 Å². The zero-order valence-corrected chi connectivity index (χ0v) is 18.5. The lowest BCUT2D eigenvalue weighted by Gasteiger charge is -2.31. The number of carbonyl (C=O) groups is 2. The van der Waals surface area contributed by atoms with Crippen LogP contribution < -0.4 is 5.73 Å². The summed E-state index contributed by atoms with van der Waals surface area (Å²) in [6.07, 6.45) is 9.90. The Bertz CT molecular complexity index is 789. The molecule has 8 nitrogen and oxygen atoms in total. The Morgan fingerprint density at radius 3 is 2.63 bits per heavy atom. The van der Waals surface area contributed by atoms with Gasteiger partial charge in [-0.1, -0.05) is 24.3 Å². The van der Waals surface area contributed by atoms with Gasteiger partial charge in [-0.25, -0.2) is 4.68 Å². The van der Waals surface area contributed by atoms with Gasteiger partial charge in [0.2, 0.25) is 0 Å². The van der Waals surface area contributed by atoms with Gasteiger partial charge in [-0.05, 0) is 50.4 Å². The number of fused-ring (bicyclic) bond motifs is 1. The van der Waals surface area contributed by atoms with Crippen LogP contribution in [-0.2, 0) is 9.53 Å². The van der Waals surface area contributed by atoms with Gasteiger partial charge in [-0.2, -0.15) is 0 Å². The van der Waals surface area contributed by atoms with E-state index in [0.717, 1.165) is 25.7 Å². The number of nitrogens with two attached hydrogens (primary N) is 1. The second-order valence-corrected chi connectivity index (χ2v) is 8.71.